The molecule has 19 heavy (non-hydrogen) atoms. The molecule has 1 aromatic heterocycles. The summed E-state index contributed by atoms with van der Waals surface area (Å²) in [5.41, 5.74) is 2.47. The molecule has 1 heterocycles. The first-order chi connectivity index (χ1) is 9.15. The molecule has 0 saturated carbocycles. The SMILES string of the molecule is O=c1[nH]c(-c2cc(Br)ccc2Cl)nc2c1CCCC2. The van der Waals surface area contributed by atoms with Crippen LogP contribution < -0.4 is 5.56 Å². The van der Waals surface area contributed by atoms with Gasteiger partial charge in [0.05, 0.1) is 10.7 Å². The van der Waals surface area contributed by atoms with Gasteiger partial charge in [0.1, 0.15) is 5.82 Å². The van der Waals surface area contributed by atoms with Crippen LogP contribution in [0.2, 0.25) is 5.02 Å². The van der Waals surface area contributed by atoms with Crippen molar-refractivity contribution in [2.45, 2.75) is 25.7 Å². The van der Waals surface area contributed by atoms with Crippen LogP contribution in [0.5, 0.6) is 0 Å². The molecule has 0 bridgehead atoms. The summed E-state index contributed by atoms with van der Waals surface area (Å²) in [6, 6.07) is 5.53. The first-order valence-electron chi connectivity index (χ1n) is 6.22. The number of hydrogen-bond donors (Lipinski definition) is 1. The number of fused-ring (bicyclic) bond motifs is 1. The summed E-state index contributed by atoms with van der Waals surface area (Å²) in [5.74, 6) is 0.553. The normalized spacial score (nSPS) is 14.2. The Morgan fingerprint density at radius 2 is 2.05 bits per heavy atom. The first kappa shape index (κ1) is 12.9. The Labute approximate surface area is 124 Å². The smallest absolute Gasteiger partial charge is 0.254 e. The van der Waals surface area contributed by atoms with Gasteiger partial charge in [-0.1, -0.05) is 27.5 Å². The molecule has 0 radical (unpaired) electrons. The highest BCUT2D eigenvalue weighted by molar-refractivity contribution is 9.10. The second-order valence-electron chi connectivity index (χ2n) is 4.67. The highest BCUT2D eigenvalue weighted by Gasteiger charge is 2.17. The van der Waals surface area contributed by atoms with Crippen molar-refractivity contribution in [3.05, 3.63) is 49.3 Å². The predicted molar refractivity (Wildman–Crippen MR) is 79.6 cm³/mol. The fourth-order valence-electron chi connectivity index (χ4n) is 2.41. The van der Waals surface area contributed by atoms with Crippen molar-refractivity contribution >= 4 is 27.5 Å². The van der Waals surface area contributed by atoms with E-state index in [2.05, 4.69) is 25.9 Å². The average Bonchev–Trinajstić information content (AvgIpc) is 2.41. The zero-order chi connectivity index (χ0) is 13.4. The number of hydrogen-bond acceptors (Lipinski definition) is 2. The molecule has 1 aliphatic rings. The number of aromatic nitrogens is 2. The Balaban J connectivity index is 2.18. The fraction of sp³-hybridized carbons (Fsp3) is 0.286. The molecular formula is C14H12BrClN2O. The Hall–Kier alpha value is -1.13. The number of nitrogens with zero attached hydrogens (tertiary/aromatic N) is 1. The van der Waals surface area contributed by atoms with Crippen molar-refractivity contribution in [3.8, 4) is 11.4 Å². The lowest BCUT2D eigenvalue weighted by Gasteiger charge is -2.15. The second kappa shape index (κ2) is 5.10. The van der Waals surface area contributed by atoms with Crippen molar-refractivity contribution < 1.29 is 0 Å². The number of halogens is 2. The van der Waals surface area contributed by atoms with Crippen molar-refractivity contribution in [3.63, 3.8) is 0 Å². The minimum atomic E-state index is -0.0317. The Kier molecular flexibility index (Phi) is 3.46. The van der Waals surface area contributed by atoms with Gasteiger partial charge in [-0.3, -0.25) is 4.79 Å². The minimum Gasteiger partial charge on any atom is -0.306 e. The highest BCUT2D eigenvalue weighted by atomic mass is 79.9. The van der Waals surface area contributed by atoms with Crippen LogP contribution in [0.25, 0.3) is 11.4 Å². The number of H-pyrrole nitrogens is 1. The van der Waals surface area contributed by atoms with E-state index in [1.807, 2.05) is 12.1 Å². The van der Waals surface area contributed by atoms with Crippen molar-refractivity contribution in [1.82, 2.24) is 9.97 Å². The molecule has 3 rings (SSSR count). The van der Waals surface area contributed by atoms with E-state index < -0.39 is 0 Å². The zero-order valence-corrected chi connectivity index (χ0v) is 12.5. The van der Waals surface area contributed by atoms with E-state index >= 15 is 0 Å². The van der Waals surface area contributed by atoms with Gasteiger partial charge in [0.2, 0.25) is 0 Å². The maximum Gasteiger partial charge on any atom is 0.254 e. The first-order valence-corrected chi connectivity index (χ1v) is 7.40. The van der Waals surface area contributed by atoms with Crippen molar-refractivity contribution in [2.75, 3.05) is 0 Å². The molecule has 1 aromatic carbocycles. The summed E-state index contributed by atoms with van der Waals surface area (Å²) in [4.78, 5) is 19.5. The lowest BCUT2D eigenvalue weighted by Crippen LogP contribution is -2.21. The van der Waals surface area contributed by atoms with Crippen LogP contribution in [0.15, 0.2) is 27.5 Å². The van der Waals surface area contributed by atoms with Gasteiger partial charge in [0.25, 0.3) is 5.56 Å². The summed E-state index contributed by atoms with van der Waals surface area (Å²) < 4.78 is 0.910. The van der Waals surface area contributed by atoms with Crippen LogP contribution in [0.1, 0.15) is 24.1 Å². The van der Waals surface area contributed by atoms with Gasteiger partial charge in [-0.05, 0) is 43.9 Å². The summed E-state index contributed by atoms with van der Waals surface area (Å²) in [7, 11) is 0. The third-order valence-electron chi connectivity index (χ3n) is 3.38. The Morgan fingerprint density at radius 1 is 1.26 bits per heavy atom. The molecular weight excluding hydrogens is 328 g/mol. The molecule has 0 amide bonds. The van der Waals surface area contributed by atoms with E-state index in [4.69, 9.17) is 11.6 Å². The number of nitrogens with one attached hydrogen (secondary N) is 1. The predicted octanol–water partition coefficient (Wildman–Crippen LogP) is 3.73. The van der Waals surface area contributed by atoms with E-state index in [9.17, 15) is 4.79 Å². The van der Waals surface area contributed by atoms with Crippen LogP contribution >= 0.6 is 27.5 Å². The number of aromatic amines is 1. The topological polar surface area (TPSA) is 45.8 Å². The number of aryl methyl sites for hydroxylation is 1. The summed E-state index contributed by atoms with van der Waals surface area (Å²) >= 11 is 9.59. The third-order valence-corrected chi connectivity index (χ3v) is 4.20. The molecule has 0 unspecified atom stereocenters. The monoisotopic (exact) mass is 338 g/mol. The van der Waals surface area contributed by atoms with Gasteiger partial charge >= 0.3 is 0 Å². The van der Waals surface area contributed by atoms with Gasteiger partial charge in [0.15, 0.2) is 0 Å². The summed E-state index contributed by atoms with van der Waals surface area (Å²) in [6.45, 7) is 0. The lowest BCUT2D eigenvalue weighted by molar-refractivity contribution is 0.657. The molecule has 1 N–H and O–H groups in total. The minimum absolute atomic E-state index is 0.0317. The summed E-state index contributed by atoms with van der Waals surface area (Å²) in [5, 5.41) is 0.585. The van der Waals surface area contributed by atoms with E-state index in [0.717, 1.165) is 47.0 Å². The van der Waals surface area contributed by atoms with Crippen LogP contribution in [-0.4, -0.2) is 9.97 Å². The molecule has 0 aliphatic heterocycles. The molecule has 0 saturated heterocycles. The van der Waals surface area contributed by atoms with Crippen molar-refractivity contribution in [1.29, 1.82) is 0 Å². The molecule has 1 aliphatic carbocycles. The lowest BCUT2D eigenvalue weighted by atomic mass is 9.97. The van der Waals surface area contributed by atoms with Crippen molar-refractivity contribution in [2.24, 2.45) is 0 Å². The van der Waals surface area contributed by atoms with E-state index in [1.54, 1.807) is 6.07 Å². The second-order valence-corrected chi connectivity index (χ2v) is 5.99. The van der Waals surface area contributed by atoms with Crippen LogP contribution in [-0.2, 0) is 12.8 Å². The quantitative estimate of drug-likeness (QED) is 0.860. The fourth-order valence-corrected chi connectivity index (χ4v) is 2.98. The molecule has 98 valence electrons. The Bertz CT molecular complexity index is 696. The maximum atomic E-state index is 12.1. The van der Waals surface area contributed by atoms with E-state index in [0.29, 0.717) is 10.8 Å². The van der Waals surface area contributed by atoms with Gasteiger partial charge in [-0.25, -0.2) is 4.98 Å². The van der Waals surface area contributed by atoms with Crippen LogP contribution in [0, 0.1) is 0 Å². The van der Waals surface area contributed by atoms with Gasteiger partial charge < -0.3 is 4.98 Å². The molecule has 3 nitrogen and oxygen atoms in total. The average molecular weight is 340 g/mol. The highest BCUT2D eigenvalue weighted by Crippen LogP contribution is 2.29. The van der Waals surface area contributed by atoms with Crippen LogP contribution in [0.3, 0.4) is 0 Å². The van der Waals surface area contributed by atoms with Crippen LogP contribution in [0.4, 0.5) is 0 Å². The largest absolute Gasteiger partial charge is 0.306 e. The molecule has 0 atom stereocenters. The summed E-state index contributed by atoms with van der Waals surface area (Å²) in [6.07, 6.45) is 3.85. The van der Waals surface area contributed by atoms with Gasteiger partial charge in [-0.2, -0.15) is 0 Å². The Morgan fingerprint density at radius 3 is 2.89 bits per heavy atom. The van der Waals surface area contributed by atoms with E-state index in [-0.39, 0.29) is 5.56 Å². The molecule has 0 spiro atoms. The maximum absolute atomic E-state index is 12.1. The number of benzene rings is 1. The van der Waals surface area contributed by atoms with E-state index in [1.165, 1.54) is 0 Å². The molecule has 0 fully saturated rings. The number of rotatable bonds is 1. The zero-order valence-electron chi connectivity index (χ0n) is 10.2. The standard InChI is InChI=1S/C14H12BrClN2O/c15-8-5-6-11(16)10(7-8)13-17-12-4-2-1-3-9(12)14(19)18-13/h5-7H,1-4H2,(H,17,18,19). The van der Waals surface area contributed by atoms with Gasteiger partial charge in [0, 0.05) is 15.6 Å². The third kappa shape index (κ3) is 2.47. The van der Waals surface area contributed by atoms with Gasteiger partial charge in [-0.15, -0.1) is 0 Å². The molecule has 2 aromatic rings. The molecule has 5 heteroatoms.